The van der Waals surface area contributed by atoms with E-state index in [1.165, 1.54) is 0 Å². The Morgan fingerprint density at radius 2 is 2.53 bits per heavy atom. The van der Waals surface area contributed by atoms with Crippen molar-refractivity contribution in [1.82, 2.24) is 10.3 Å². The van der Waals surface area contributed by atoms with E-state index in [-0.39, 0.29) is 6.10 Å². The zero-order valence-corrected chi connectivity index (χ0v) is 10.0. The van der Waals surface area contributed by atoms with Gasteiger partial charge in [-0.3, -0.25) is 0 Å². The van der Waals surface area contributed by atoms with Crippen molar-refractivity contribution >= 4 is 0 Å². The second-order valence-electron chi connectivity index (χ2n) is 4.48. The number of nitrogens with zero attached hydrogens (tertiary/aromatic N) is 2. The molecule has 0 saturated carbocycles. The highest BCUT2D eigenvalue weighted by atomic mass is 16.5. The van der Waals surface area contributed by atoms with Gasteiger partial charge in [-0.05, 0) is 36.6 Å². The van der Waals surface area contributed by atoms with E-state index in [4.69, 9.17) is 10.00 Å². The molecule has 90 valence electrons. The van der Waals surface area contributed by atoms with E-state index in [2.05, 4.69) is 17.2 Å². The second-order valence-corrected chi connectivity index (χ2v) is 4.48. The largest absolute Gasteiger partial charge is 0.372 e. The van der Waals surface area contributed by atoms with Crippen molar-refractivity contribution in [3.05, 3.63) is 29.6 Å². The number of aromatic nitrogens is 1. The zero-order chi connectivity index (χ0) is 12.1. The van der Waals surface area contributed by atoms with E-state index in [0.29, 0.717) is 18.2 Å². The molecular weight excluding hydrogens is 214 g/mol. The molecule has 0 aliphatic carbocycles. The molecule has 2 heterocycles. The molecule has 1 N–H and O–H groups in total. The van der Waals surface area contributed by atoms with Crippen molar-refractivity contribution in [2.24, 2.45) is 5.92 Å². The summed E-state index contributed by atoms with van der Waals surface area (Å²) < 4.78 is 5.88. The molecule has 1 aromatic heterocycles. The summed E-state index contributed by atoms with van der Waals surface area (Å²) in [6.45, 7) is 4.76. The molecule has 1 aliphatic rings. The minimum absolute atomic E-state index is 0.266. The van der Waals surface area contributed by atoms with E-state index in [0.717, 1.165) is 25.1 Å². The van der Waals surface area contributed by atoms with E-state index in [1.807, 2.05) is 12.1 Å². The summed E-state index contributed by atoms with van der Waals surface area (Å²) in [5, 5.41) is 12.1. The molecule has 1 saturated heterocycles. The van der Waals surface area contributed by atoms with E-state index < -0.39 is 0 Å². The molecule has 0 spiro atoms. The van der Waals surface area contributed by atoms with Crippen LogP contribution in [0.4, 0.5) is 0 Å². The van der Waals surface area contributed by atoms with Gasteiger partial charge < -0.3 is 10.1 Å². The SMILES string of the molecule is CC1CCNCC1OCc1ccnc(C#N)c1. The minimum atomic E-state index is 0.266. The van der Waals surface area contributed by atoms with Gasteiger partial charge in [-0.25, -0.2) is 4.98 Å². The molecule has 2 atom stereocenters. The highest BCUT2D eigenvalue weighted by Crippen LogP contribution is 2.16. The Balaban J connectivity index is 1.90. The van der Waals surface area contributed by atoms with Crippen molar-refractivity contribution in [3.8, 4) is 6.07 Å². The quantitative estimate of drug-likeness (QED) is 0.855. The van der Waals surface area contributed by atoms with Crippen molar-refractivity contribution in [3.63, 3.8) is 0 Å². The molecule has 1 aliphatic heterocycles. The predicted octanol–water partition coefficient (Wildman–Crippen LogP) is 1.47. The third kappa shape index (κ3) is 3.26. The molecule has 2 unspecified atom stereocenters. The third-order valence-corrected chi connectivity index (χ3v) is 3.16. The fraction of sp³-hybridized carbons (Fsp3) is 0.538. The standard InChI is InChI=1S/C13H17N3O/c1-10-2-4-15-8-13(10)17-9-11-3-5-16-12(6-11)7-14/h3,5-6,10,13,15H,2,4,8-9H2,1H3. The first kappa shape index (κ1) is 12.0. The van der Waals surface area contributed by atoms with Crippen molar-refractivity contribution in [2.75, 3.05) is 13.1 Å². The smallest absolute Gasteiger partial charge is 0.140 e. The van der Waals surface area contributed by atoms with Gasteiger partial charge in [-0.2, -0.15) is 5.26 Å². The van der Waals surface area contributed by atoms with Crippen LogP contribution in [0, 0.1) is 17.2 Å². The van der Waals surface area contributed by atoms with Crippen LogP contribution in [0.25, 0.3) is 0 Å². The molecule has 4 nitrogen and oxygen atoms in total. The van der Waals surface area contributed by atoms with E-state index >= 15 is 0 Å². The number of ether oxygens (including phenoxy) is 1. The summed E-state index contributed by atoms with van der Waals surface area (Å²) in [4.78, 5) is 3.94. The van der Waals surface area contributed by atoms with Crippen LogP contribution in [0.5, 0.6) is 0 Å². The summed E-state index contributed by atoms with van der Waals surface area (Å²) in [6, 6.07) is 5.70. The molecule has 1 fully saturated rings. The molecule has 17 heavy (non-hydrogen) atoms. The van der Waals surface area contributed by atoms with Crippen LogP contribution in [0.3, 0.4) is 0 Å². The minimum Gasteiger partial charge on any atom is -0.372 e. The average molecular weight is 231 g/mol. The van der Waals surface area contributed by atoms with Crippen LogP contribution in [0.1, 0.15) is 24.6 Å². The van der Waals surface area contributed by atoms with Crippen LogP contribution in [-0.4, -0.2) is 24.2 Å². The Bertz CT molecular complexity index is 413. The Morgan fingerprint density at radius 3 is 3.29 bits per heavy atom. The van der Waals surface area contributed by atoms with Crippen molar-refractivity contribution in [2.45, 2.75) is 26.1 Å². The molecule has 2 rings (SSSR count). The third-order valence-electron chi connectivity index (χ3n) is 3.16. The number of hydrogen-bond acceptors (Lipinski definition) is 4. The zero-order valence-electron chi connectivity index (χ0n) is 10.0. The normalized spacial score (nSPS) is 24.2. The van der Waals surface area contributed by atoms with Crippen LogP contribution >= 0.6 is 0 Å². The topological polar surface area (TPSA) is 57.9 Å². The van der Waals surface area contributed by atoms with Crippen molar-refractivity contribution in [1.29, 1.82) is 5.26 Å². The molecule has 0 aromatic carbocycles. The summed E-state index contributed by atoms with van der Waals surface area (Å²) in [6.07, 6.45) is 3.08. The van der Waals surface area contributed by atoms with Gasteiger partial charge in [0.25, 0.3) is 0 Å². The number of pyridine rings is 1. The van der Waals surface area contributed by atoms with Crippen LogP contribution in [0.15, 0.2) is 18.3 Å². The van der Waals surface area contributed by atoms with Crippen LogP contribution in [0.2, 0.25) is 0 Å². The van der Waals surface area contributed by atoms with Gasteiger partial charge in [0.05, 0.1) is 12.7 Å². The maximum atomic E-state index is 8.76. The van der Waals surface area contributed by atoms with Crippen LogP contribution < -0.4 is 5.32 Å². The Labute approximate surface area is 102 Å². The monoisotopic (exact) mass is 231 g/mol. The highest BCUT2D eigenvalue weighted by Gasteiger charge is 2.21. The molecule has 0 amide bonds. The molecule has 0 radical (unpaired) electrons. The fourth-order valence-electron chi connectivity index (χ4n) is 2.01. The lowest BCUT2D eigenvalue weighted by atomic mass is 9.97. The highest BCUT2D eigenvalue weighted by molar-refractivity contribution is 5.24. The number of hydrogen-bond donors (Lipinski definition) is 1. The van der Waals surface area contributed by atoms with E-state index in [1.54, 1.807) is 12.3 Å². The molecule has 1 aromatic rings. The summed E-state index contributed by atoms with van der Waals surface area (Å²) in [7, 11) is 0. The first-order chi connectivity index (χ1) is 8.29. The molecule has 0 bridgehead atoms. The van der Waals surface area contributed by atoms with Gasteiger partial charge in [0.2, 0.25) is 0 Å². The maximum absolute atomic E-state index is 8.76. The van der Waals surface area contributed by atoms with Gasteiger partial charge in [0.15, 0.2) is 0 Å². The van der Waals surface area contributed by atoms with Crippen molar-refractivity contribution < 1.29 is 4.74 Å². The van der Waals surface area contributed by atoms with Gasteiger partial charge in [0.1, 0.15) is 11.8 Å². The predicted molar refractivity (Wildman–Crippen MR) is 64.2 cm³/mol. The maximum Gasteiger partial charge on any atom is 0.140 e. The summed E-state index contributed by atoms with van der Waals surface area (Å²) >= 11 is 0. The lowest BCUT2D eigenvalue weighted by molar-refractivity contribution is -0.00661. The average Bonchev–Trinajstić information content (AvgIpc) is 2.38. The Kier molecular flexibility index (Phi) is 4.08. The van der Waals surface area contributed by atoms with Gasteiger partial charge in [-0.15, -0.1) is 0 Å². The lowest BCUT2D eigenvalue weighted by Gasteiger charge is -2.29. The molecular formula is C13H17N3O. The fourth-order valence-corrected chi connectivity index (χ4v) is 2.01. The number of nitrogens with one attached hydrogen (secondary N) is 1. The van der Waals surface area contributed by atoms with Gasteiger partial charge >= 0.3 is 0 Å². The van der Waals surface area contributed by atoms with Crippen LogP contribution in [-0.2, 0) is 11.3 Å². The van der Waals surface area contributed by atoms with E-state index in [9.17, 15) is 0 Å². The second kappa shape index (κ2) is 5.76. The first-order valence-corrected chi connectivity index (χ1v) is 5.97. The number of piperidine rings is 1. The van der Waals surface area contributed by atoms with Gasteiger partial charge in [0, 0.05) is 12.7 Å². The first-order valence-electron chi connectivity index (χ1n) is 5.97. The summed E-state index contributed by atoms with van der Waals surface area (Å²) in [5.41, 5.74) is 1.45. The number of nitriles is 1. The number of rotatable bonds is 3. The molecule has 4 heteroatoms. The Hall–Kier alpha value is -1.44. The summed E-state index contributed by atoms with van der Waals surface area (Å²) in [5.74, 6) is 0.591. The Morgan fingerprint density at radius 1 is 1.65 bits per heavy atom. The van der Waals surface area contributed by atoms with Gasteiger partial charge in [-0.1, -0.05) is 6.92 Å². The lowest BCUT2D eigenvalue weighted by Crippen LogP contribution is -2.40.